The van der Waals surface area contributed by atoms with E-state index in [1.165, 1.54) is 17.5 Å². The minimum absolute atomic E-state index is 0.511. The van der Waals surface area contributed by atoms with E-state index < -0.39 is 0 Å². The molecule has 2 aromatic rings. The molecule has 0 radical (unpaired) electrons. The summed E-state index contributed by atoms with van der Waals surface area (Å²) in [6, 6.07) is 15.5. The van der Waals surface area contributed by atoms with Gasteiger partial charge >= 0.3 is 0 Å². The van der Waals surface area contributed by atoms with Crippen molar-refractivity contribution in [3.63, 3.8) is 0 Å². The quantitative estimate of drug-likeness (QED) is 0.802. The molecule has 0 heterocycles. The predicted octanol–water partition coefficient (Wildman–Crippen LogP) is 3.55. The number of nitrogens with two attached hydrogens (primary N) is 1. The predicted molar refractivity (Wildman–Crippen MR) is 81.5 cm³/mol. The second kappa shape index (κ2) is 4.96. The minimum atomic E-state index is 0.511. The van der Waals surface area contributed by atoms with Crippen molar-refractivity contribution in [2.24, 2.45) is 0 Å². The van der Waals surface area contributed by atoms with Crippen molar-refractivity contribution in [2.45, 2.75) is 32.2 Å². The fourth-order valence-corrected chi connectivity index (χ4v) is 2.79. The maximum Gasteiger partial charge on any atom is 0.0364 e. The molecule has 0 saturated carbocycles. The average Bonchev–Trinajstić information content (AvgIpc) is 2.43. The van der Waals surface area contributed by atoms with Gasteiger partial charge in [0.05, 0.1) is 0 Å². The lowest BCUT2D eigenvalue weighted by atomic mass is 9.88. The summed E-state index contributed by atoms with van der Waals surface area (Å²) in [4.78, 5) is 0. The van der Waals surface area contributed by atoms with Gasteiger partial charge in [-0.25, -0.2) is 0 Å². The van der Waals surface area contributed by atoms with Crippen LogP contribution in [0.25, 0.3) is 0 Å². The molecule has 0 aliphatic heterocycles. The van der Waals surface area contributed by atoms with Crippen molar-refractivity contribution in [3.8, 4) is 0 Å². The van der Waals surface area contributed by atoms with E-state index >= 15 is 0 Å². The molecule has 0 saturated heterocycles. The van der Waals surface area contributed by atoms with Crippen LogP contribution >= 0.6 is 0 Å². The van der Waals surface area contributed by atoms with Crippen molar-refractivity contribution in [3.05, 3.63) is 59.2 Å². The van der Waals surface area contributed by atoms with E-state index in [-0.39, 0.29) is 0 Å². The van der Waals surface area contributed by atoms with Gasteiger partial charge in [-0.05, 0) is 55.0 Å². The number of hydrogen-bond acceptors (Lipinski definition) is 2. The highest BCUT2D eigenvalue weighted by Gasteiger charge is 2.17. The smallest absolute Gasteiger partial charge is 0.0364 e. The maximum atomic E-state index is 5.96. The summed E-state index contributed by atoms with van der Waals surface area (Å²) < 4.78 is 0. The molecule has 0 amide bonds. The Morgan fingerprint density at radius 1 is 1.11 bits per heavy atom. The van der Waals surface area contributed by atoms with E-state index in [0.29, 0.717) is 6.04 Å². The second-order valence-corrected chi connectivity index (χ2v) is 5.42. The second-order valence-electron chi connectivity index (χ2n) is 5.42. The molecule has 0 fully saturated rings. The molecular weight excluding hydrogens is 232 g/mol. The molecule has 3 rings (SSSR count). The lowest BCUT2D eigenvalue weighted by Crippen LogP contribution is -2.27. The van der Waals surface area contributed by atoms with Gasteiger partial charge in [0, 0.05) is 17.4 Å². The Hall–Kier alpha value is -1.96. The highest BCUT2D eigenvalue weighted by atomic mass is 14.9. The topological polar surface area (TPSA) is 38.0 Å². The van der Waals surface area contributed by atoms with Crippen molar-refractivity contribution < 1.29 is 0 Å². The van der Waals surface area contributed by atoms with Gasteiger partial charge in [0.15, 0.2) is 0 Å². The highest BCUT2D eigenvalue weighted by molar-refractivity contribution is 5.59. The zero-order chi connectivity index (χ0) is 13.2. The Balaban J connectivity index is 1.73. The molecule has 0 bridgehead atoms. The molecule has 2 nitrogen and oxygen atoms in total. The molecule has 1 atom stereocenters. The number of fused-ring (bicyclic) bond motifs is 1. The lowest BCUT2D eigenvalue weighted by Gasteiger charge is -2.26. The van der Waals surface area contributed by atoms with E-state index in [4.69, 9.17) is 5.73 Å². The summed E-state index contributed by atoms with van der Waals surface area (Å²) in [5.74, 6) is 0. The number of nitrogen functional groups attached to an aromatic ring is 1. The molecule has 98 valence electrons. The van der Waals surface area contributed by atoms with Gasteiger partial charge in [0.2, 0.25) is 0 Å². The first-order valence-corrected chi connectivity index (χ1v) is 6.92. The van der Waals surface area contributed by atoms with Crippen molar-refractivity contribution in [2.75, 3.05) is 11.1 Å². The van der Waals surface area contributed by atoms with Gasteiger partial charge < -0.3 is 11.1 Å². The van der Waals surface area contributed by atoms with Crippen LogP contribution in [0, 0.1) is 6.92 Å². The monoisotopic (exact) mass is 252 g/mol. The Morgan fingerprint density at radius 2 is 1.89 bits per heavy atom. The fraction of sp³-hybridized carbons (Fsp3) is 0.294. The largest absolute Gasteiger partial charge is 0.398 e. The number of nitrogens with one attached hydrogen (secondary N) is 1. The molecule has 2 heteroatoms. The zero-order valence-electron chi connectivity index (χ0n) is 11.3. The standard InChI is InChI=1S/C17H20N2/c1-12-6-8-16(11-17(12)18)19-15-9-7-13-4-2-3-5-14(13)10-15/h2-6,8,11,15,19H,7,9-10,18H2,1H3. The van der Waals surface area contributed by atoms with Crippen LogP contribution in [-0.2, 0) is 12.8 Å². The third-order valence-corrected chi connectivity index (χ3v) is 4.00. The number of hydrogen-bond donors (Lipinski definition) is 2. The molecule has 2 aromatic carbocycles. The Bertz CT molecular complexity index is 590. The van der Waals surface area contributed by atoms with Crippen molar-refractivity contribution in [1.82, 2.24) is 0 Å². The normalized spacial score (nSPS) is 17.8. The van der Waals surface area contributed by atoms with Gasteiger partial charge in [0.25, 0.3) is 0 Å². The third-order valence-electron chi connectivity index (χ3n) is 4.00. The Kier molecular flexibility index (Phi) is 3.16. The van der Waals surface area contributed by atoms with Gasteiger partial charge in [0.1, 0.15) is 0 Å². The average molecular weight is 252 g/mol. The SMILES string of the molecule is Cc1ccc(NC2CCc3ccccc3C2)cc1N. The van der Waals surface area contributed by atoms with Gasteiger partial charge in [-0.2, -0.15) is 0 Å². The highest BCUT2D eigenvalue weighted by Crippen LogP contribution is 2.25. The van der Waals surface area contributed by atoms with Gasteiger partial charge in [-0.3, -0.25) is 0 Å². The van der Waals surface area contributed by atoms with Crippen LogP contribution in [0.15, 0.2) is 42.5 Å². The van der Waals surface area contributed by atoms with E-state index in [2.05, 4.69) is 41.7 Å². The summed E-state index contributed by atoms with van der Waals surface area (Å²) in [6.45, 7) is 2.04. The van der Waals surface area contributed by atoms with Crippen LogP contribution in [-0.4, -0.2) is 6.04 Å². The van der Waals surface area contributed by atoms with Crippen LogP contribution in [0.3, 0.4) is 0 Å². The van der Waals surface area contributed by atoms with E-state index in [9.17, 15) is 0 Å². The summed E-state index contributed by atoms with van der Waals surface area (Å²) in [6.07, 6.45) is 3.45. The summed E-state index contributed by atoms with van der Waals surface area (Å²) in [5.41, 5.74) is 12.1. The third kappa shape index (κ3) is 2.58. The Morgan fingerprint density at radius 3 is 2.68 bits per heavy atom. The molecule has 1 unspecified atom stereocenters. The van der Waals surface area contributed by atoms with Crippen molar-refractivity contribution >= 4 is 11.4 Å². The lowest BCUT2D eigenvalue weighted by molar-refractivity contribution is 0.611. The first-order chi connectivity index (χ1) is 9.22. The van der Waals surface area contributed by atoms with Crippen LogP contribution < -0.4 is 11.1 Å². The van der Waals surface area contributed by atoms with Crippen LogP contribution in [0.5, 0.6) is 0 Å². The number of anilines is 2. The molecular formula is C17H20N2. The maximum absolute atomic E-state index is 5.96. The van der Waals surface area contributed by atoms with Crippen LogP contribution in [0.4, 0.5) is 11.4 Å². The molecule has 19 heavy (non-hydrogen) atoms. The number of benzene rings is 2. The van der Waals surface area contributed by atoms with E-state index in [1.54, 1.807) is 0 Å². The first kappa shape index (κ1) is 12.1. The zero-order valence-corrected chi connectivity index (χ0v) is 11.3. The number of rotatable bonds is 2. The van der Waals surface area contributed by atoms with E-state index in [1.807, 2.05) is 13.0 Å². The molecule has 1 aliphatic carbocycles. The summed E-state index contributed by atoms with van der Waals surface area (Å²) >= 11 is 0. The Labute approximate surface area is 114 Å². The van der Waals surface area contributed by atoms with Gasteiger partial charge in [-0.1, -0.05) is 30.3 Å². The first-order valence-electron chi connectivity index (χ1n) is 6.92. The molecule has 1 aliphatic rings. The summed E-state index contributed by atoms with van der Waals surface area (Å²) in [7, 11) is 0. The molecule has 3 N–H and O–H groups in total. The summed E-state index contributed by atoms with van der Waals surface area (Å²) in [5, 5.41) is 3.61. The molecule has 0 aromatic heterocycles. The van der Waals surface area contributed by atoms with Gasteiger partial charge in [-0.15, -0.1) is 0 Å². The minimum Gasteiger partial charge on any atom is -0.398 e. The van der Waals surface area contributed by atoms with E-state index in [0.717, 1.165) is 29.8 Å². The van der Waals surface area contributed by atoms with Crippen LogP contribution in [0.2, 0.25) is 0 Å². The van der Waals surface area contributed by atoms with Crippen molar-refractivity contribution in [1.29, 1.82) is 0 Å². The number of aryl methyl sites for hydroxylation is 2. The van der Waals surface area contributed by atoms with Crippen LogP contribution in [0.1, 0.15) is 23.1 Å². The fourth-order valence-electron chi connectivity index (χ4n) is 2.79. The molecule has 0 spiro atoms.